The molecular weight excluding hydrogens is 406 g/mol. The monoisotopic (exact) mass is 425 g/mol. The van der Waals surface area contributed by atoms with E-state index in [0.717, 1.165) is 16.0 Å². The van der Waals surface area contributed by atoms with Gasteiger partial charge in [0.15, 0.2) is 0 Å². The Morgan fingerprint density at radius 1 is 0.800 bits per heavy atom. The second-order valence-corrected chi connectivity index (χ2v) is 8.76. The molecule has 1 N–H and O–H groups in total. The minimum atomic E-state index is -3.95. The van der Waals surface area contributed by atoms with Crippen molar-refractivity contribution >= 4 is 38.6 Å². The van der Waals surface area contributed by atoms with Gasteiger partial charge in [-0.1, -0.05) is 0 Å². The summed E-state index contributed by atoms with van der Waals surface area (Å²) < 4.78 is 30.8. The van der Waals surface area contributed by atoms with E-state index in [1.165, 1.54) is 36.9 Å². The molecule has 0 spiro atoms. The number of anilines is 1. The molecule has 9 nitrogen and oxygen atoms in total. The summed E-state index contributed by atoms with van der Waals surface area (Å²) in [6.45, 7) is 3.70. The number of carbonyl (C=O) groups excluding carboxylic acids is 2. The lowest BCUT2D eigenvalue weighted by molar-refractivity contribution is -0.141. The van der Waals surface area contributed by atoms with Crippen molar-refractivity contribution in [2.75, 3.05) is 18.8 Å². The number of hydrogen-bond acceptors (Lipinski definition) is 6. The number of aryl methyl sites for hydroxylation is 2. The van der Waals surface area contributed by atoms with Crippen LogP contribution >= 0.6 is 0 Å². The summed E-state index contributed by atoms with van der Waals surface area (Å²) in [7, 11) is -1.04. The molecule has 3 aromatic rings. The molecule has 0 radical (unpaired) electrons. The third-order valence-corrected chi connectivity index (χ3v) is 6.48. The fourth-order valence-electron chi connectivity index (χ4n) is 3.24. The average molecular weight is 425 g/mol. The Bertz CT molecular complexity index is 1510. The molecule has 0 bridgehead atoms. The maximum atomic E-state index is 12.9. The van der Waals surface area contributed by atoms with Crippen LogP contribution in [-0.4, -0.2) is 44.3 Å². The summed E-state index contributed by atoms with van der Waals surface area (Å²) in [4.78, 5) is 32.9. The number of sulfonamides is 1. The minimum Gasteiger partial charge on any atom is -0.280 e. The number of aromatic nitrogens is 2. The molecule has 0 saturated heterocycles. The van der Waals surface area contributed by atoms with Crippen molar-refractivity contribution in [3.63, 3.8) is 0 Å². The van der Waals surface area contributed by atoms with Crippen molar-refractivity contribution in [1.82, 2.24) is 19.1 Å². The number of nitrogens with zero attached hydrogens (tertiary/aromatic N) is 4. The number of carbonyl (C=O) groups is 2. The quantitative estimate of drug-likeness (QED) is 0.441. The van der Waals surface area contributed by atoms with Gasteiger partial charge < -0.3 is 0 Å². The maximum Gasteiger partial charge on any atom is 0.528 e. The smallest absolute Gasteiger partial charge is 0.280 e. The first-order valence-corrected chi connectivity index (χ1v) is 10.5. The third kappa shape index (κ3) is 3.14. The van der Waals surface area contributed by atoms with Crippen LogP contribution in [0.4, 0.5) is 5.69 Å². The van der Waals surface area contributed by atoms with Crippen LogP contribution in [-0.2, 0) is 19.6 Å². The zero-order chi connectivity index (χ0) is 21.8. The predicted octanol–water partition coefficient (Wildman–Crippen LogP) is -0.644. The van der Waals surface area contributed by atoms with Gasteiger partial charge in [0.25, 0.3) is 20.7 Å². The molecule has 0 aliphatic carbocycles. The highest BCUT2D eigenvalue weighted by Crippen LogP contribution is 2.20. The SMILES string of the molecule is Cc1nc2ccc(NS(=O)(=O)c3ccc4c(c3)=[N+](C)C(=O)C(=O)[N+]=4C)cc2nc1C. The first-order valence-electron chi connectivity index (χ1n) is 9.06. The van der Waals surface area contributed by atoms with E-state index in [0.29, 0.717) is 27.4 Å². The van der Waals surface area contributed by atoms with Crippen molar-refractivity contribution in [1.29, 1.82) is 0 Å². The normalized spacial score (nSPS) is 14.3. The first kappa shape index (κ1) is 19.8. The first-order chi connectivity index (χ1) is 14.1. The summed E-state index contributed by atoms with van der Waals surface area (Å²) in [6, 6.07) is 9.20. The maximum absolute atomic E-state index is 12.9. The fourth-order valence-corrected chi connectivity index (χ4v) is 4.31. The molecule has 2 heterocycles. The molecule has 1 aliphatic rings. The van der Waals surface area contributed by atoms with Gasteiger partial charge >= 0.3 is 11.8 Å². The Balaban J connectivity index is 1.79. The van der Waals surface area contributed by atoms with Gasteiger partial charge in [-0.05, 0) is 38.1 Å². The summed E-state index contributed by atoms with van der Waals surface area (Å²) >= 11 is 0. The van der Waals surface area contributed by atoms with Gasteiger partial charge in [-0.3, -0.25) is 4.72 Å². The van der Waals surface area contributed by atoms with Crippen LogP contribution in [0.3, 0.4) is 0 Å². The molecule has 2 amide bonds. The predicted molar refractivity (Wildman–Crippen MR) is 110 cm³/mol. The zero-order valence-corrected chi connectivity index (χ0v) is 17.6. The van der Waals surface area contributed by atoms with Crippen molar-refractivity contribution in [2.45, 2.75) is 18.7 Å². The topological polar surface area (TPSA) is 112 Å². The van der Waals surface area contributed by atoms with Crippen molar-refractivity contribution in [3.8, 4) is 0 Å². The fraction of sp³-hybridized carbons (Fsp3) is 0.200. The van der Waals surface area contributed by atoms with E-state index in [4.69, 9.17) is 0 Å². The number of fused-ring (bicyclic) bond motifs is 2. The highest BCUT2D eigenvalue weighted by atomic mass is 32.2. The lowest BCUT2D eigenvalue weighted by Crippen LogP contribution is -2.58. The molecule has 0 atom stereocenters. The highest BCUT2D eigenvalue weighted by Gasteiger charge is 2.39. The summed E-state index contributed by atoms with van der Waals surface area (Å²) in [5.74, 6) is -1.41. The Labute approximate surface area is 172 Å². The van der Waals surface area contributed by atoms with Gasteiger partial charge in [0.05, 0.1) is 33.0 Å². The van der Waals surface area contributed by atoms with Gasteiger partial charge in [-0.15, -0.1) is 9.15 Å². The minimum absolute atomic E-state index is 0.0325. The van der Waals surface area contributed by atoms with E-state index < -0.39 is 21.8 Å². The van der Waals surface area contributed by atoms with Gasteiger partial charge in [-0.2, -0.15) is 0 Å². The molecule has 1 aromatic heterocycles. The van der Waals surface area contributed by atoms with Crippen LogP contribution in [0, 0.1) is 13.8 Å². The summed E-state index contributed by atoms with van der Waals surface area (Å²) in [5.41, 5.74) is 3.17. The van der Waals surface area contributed by atoms with Gasteiger partial charge in [0.2, 0.25) is 0 Å². The van der Waals surface area contributed by atoms with Crippen molar-refractivity contribution < 1.29 is 18.0 Å². The number of nitrogens with one attached hydrogen (secondary N) is 1. The molecule has 152 valence electrons. The van der Waals surface area contributed by atoms with E-state index in [9.17, 15) is 18.0 Å². The molecule has 30 heavy (non-hydrogen) atoms. The number of benzene rings is 2. The van der Waals surface area contributed by atoms with Crippen molar-refractivity contribution in [3.05, 3.63) is 58.5 Å². The second kappa shape index (κ2) is 6.77. The zero-order valence-electron chi connectivity index (χ0n) is 16.8. The van der Waals surface area contributed by atoms with E-state index in [-0.39, 0.29) is 4.90 Å². The van der Waals surface area contributed by atoms with Crippen LogP contribution in [0.15, 0.2) is 41.3 Å². The molecule has 1 aliphatic heterocycles. The van der Waals surface area contributed by atoms with E-state index in [1.54, 1.807) is 18.2 Å². The lowest BCUT2D eigenvalue weighted by Gasteiger charge is -2.09. The molecule has 0 fully saturated rings. The number of likely N-dealkylation sites (N-methyl/N-ethyl adjacent to an activating group) is 2. The van der Waals surface area contributed by atoms with Gasteiger partial charge in [-0.25, -0.2) is 28.0 Å². The standard InChI is InChI=1S/C20H18N5O4S/c1-11-12(2)22-16-9-13(5-7-15(16)21-11)23-30(28,29)14-6-8-17-18(10-14)25(4)20(27)19(26)24(17)3/h5-10H,1-4H3/q+1/p+1. The van der Waals surface area contributed by atoms with Crippen molar-refractivity contribution in [2.24, 2.45) is 0 Å². The Morgan fingerprint density at radius 2 is 1.40 bits per heavy atom. The molecule has 10 heteroatoms. The average Bonchev–Trinajstić information content (AvgIpc) is 2.71. The number of amides is 2. The van der Waals surface area contributed by atoms with Crippen LogP contribution in [0.25, 0.3) is 11.0 Å². The molecule has 4 rings (SSSR count). The van der Waals surface area contributed by atoms with E-state index in [1.807, 2.05) is 13.8 Å². The van der Waals surface area contributed by atoms with E-state index >= 15 is 0 Å². The number of rotatable bonds is 3. The van der Waals surface area contributed by atoms with Gasteiger partial charge in [0.1, 0.15) is 14.1 Å². The number of hydrogen-bond donors (Lipinski definition) is 1. The van der Waals surface area contributed by atoms with Gasteiger partial charge in [0, 0.05) is 12.1 Å². The summed E-state index contributed by atoms with van der Waals surface area (Å²) in [6.07, 6.45) is 0. The Kier molecular flexibility index (Phi) is 4.46. The lowest BCUT2D eigenvalue weighted by atomic mass is 10.2. The highest BCUT2D eigenvalue weighted by molar-refractivity contribution is 7.92. The molecule has 0 saturated carbocycles. The molecular formula is C20H19N5O4S+2. The summed E-state index contributed by atoms with van der Waals surface area (Å²) in [5, 5.41) is 0.785. The molecule has 0 unspecified atom stereocenters. The Morgan fingerprint density at radius 3 is 2.07 bits per heavy atom. The third-order valence-electron chi connectivity index (χ3n) is 5.10. The van der Waals surface area contributed by atoms with Crippen LogP contribution in [0.2, 0.25) is 0 Å². The molecule has 2 aromatic carbocycles. The van der Waals surface area contributed by atoms with Crippen LogP contribution in [0.1, 0.15) is 11.4 Å². The van der Waals surface area contributed by atoms with E-state index in [2.05, 4.69) is 14.7 Å². The van der Waals surface area contributed by atoms with Crippen LogP contribution in [0.5, 0.6) is 0 Å². The second-order valence-electron chi connectivity index (χ2n) is 7.08. The largest absolute Gasteiger partial charge is 0.528 e. The Hall–Kier alpha value is -3.53. The van der Waals surface area contributed by atoms with Crippen LogP contribution < -0.4 is 24.6 Å².